The standard InChI is InChI=1S/C15H15N3O3/c1-21-14-7-6-13(18(19)20)15(17-14)16-12-8-10-4-2-3-5-11(10)9-12/h2-7,12H,8-9H2,1H3,(H,16,17). The average Bonchev–Trinajstić information content (AvgIpc) is 2.89. The molecule has 21 heavy (non-hydrogen) atoms. The van der Waals surface area contributed by atoms with Gasteiger partial charge in [0.1, 0.15) is 0 Å². The van der Waals surface area contributed by atoms with Crippen LogP contribution in [0.2, 0.25) is 0 Å². The van der Waals surface area contributed by atoms with Gasteiger partial charge in [-0.15, -0.1) is 0 Å². The Kier molecular flexibility index (Phi) is 3.43. The molecule has 0 unspecified atom stereocenters. The predicted molar refractivity (Wildman–Crippen MR) is 78.7 cm³/mol. The fourth-order valence-electron chi connectivity index (χ4n) is 2.66. The van der Waals surface area contributed by atoms with Gasteiger partial charge in [-0.2, -0.15) is 4.98 Å². The zero-order chi connectivity index (χ0) is 14.8. The van der Waals surface area contributed by atoms with Crippen molar-refractivity contribution in [3.8, 4) is 5.88 Å². The van der Waals surface area contributed by atoms with Gasteiger partial charge in [0.05, 0.1) is 12.0 Å². The summed E-state index contributed by atoms with van der Waals surface area (Å²) in [4.78, 5) is 14.8. The summed E-state index contributed by atoms with van der Waals surface area (Å²) in [7, 11) is 1.49. The summed E-state index contributed by atoms with van der Waals surface area (Å²) in [5, 5.41) is 14.3. The minimum absolute atomic E-state index is 0.0354. The smallest absolute Gasteiger partial charge is 0.311 e. The van der Waals surface area contributed by atoms with Crippen molar-refractivity contribution in [1.29, 1.82) is 0 Å². The van der Waals surface area contributed by atoms with Crippen LogP contribution >= 0.6 is 0 Å². The van der Waals surface area contributed by atoms with E-state index in [1.165, 1.54) is 30.4 Å². The molecule has 1 heterocycles. The number of ether oxygens (including phenoxy) is 1. The average molecular weight is 285 g/mol. The summed E-state index contributed by atoms with van der Waals surface area (Å²) in [6.45, 7) is 0. The third kappa shape index (κ3) is 2.65. The molecule has 0 atom stereocenters. The van der Waals surface area contributed by atoms with Gasteiger partial charge in [-0.25, -0.2) is 0 Å². The molecule has 0 amide bonds. The van der Waals surface area contributed by atoms with Gasteiger partial charge >= 0.3 is 5.69 Å². The second-order valence-electron chi connectivity index (χ2n) is 5.00. The van der Waals surface area contributed by atoms with Crippen molar-refractivity contribution in [2.24, 2.45) is 0 Å². The normalized spacial score (nSPS) is 13.8. The van der Waals surface area contributed by atoms with Crippen molar-refractivity contribution in [1.82, 2.24) is 4.98 Å². The van der Waals surface area contributed by atoms with E-state index in [2.05, 4.69) is 22.4 Å². The Bertz CT molecular complexity index is 663. The van der Waals surface area contributed by atoms with Crippen molar-refractivity contribution in [2.45, 2.75) is 18.9 Å². The molecule has 1 aliphatic carbocycles. The number of nitrogens with one attached hydrogen (secondary N) is 1. The number of anilines is 1. The number of nitrogens with zero attached hydrogens (tertiary/aromatic N) is 2. The zero-order valence-corrected chi connectivity index (χ0v) is 11.6. The van der Waals surface area contributed by atoms with E-state index in [4.69, 9.17) is 4.74 Å². The maximum atomic E-state index is 11.1. The van der Waals surface area contributed by atoms with Gasteiger partial charge in [-0.1, -0.05) is 24.3 Å². The van der Waals surface area contributed by atoms with Gasteiger partial charge in [-0.05, 0) is 24.0 Å². The number of fused-ring (bicyclic) bond motifs is 1. The van der Waals surface area contributed by atoms with Gasteiger partial charge in [0.2, 0.25) is 11.7 Å². The molecule has 108 valence electrons. The molecule has 0 saturated carbocycles. The van der Waals surface area contributed by atoms with Crippen LogP contribution in [0.3, 0.4) is 0 Å². The molecule has 0 spiro atoms. The van der Waals surface area contributed by atoms with Crippen LogP contribution in [0.5, 0.6) is 5.88 Å². The molecular formula is C15H15N3O3. The summed E-state index contributed by atoms with van der Waals surface area (Å²) in [6, 6.07) is 11.2. The fourth-order valence-corrected chi connectivity index (χ4v) is 2.66. The lowest BCUT2D eigenvalue weighted by atomic mass is 10.1. The van der Waals surface area contributed by atoms with Crippen molar-refractivity contribution in [2.75, 3.05) is 12.4 Å². The van der Waals surface area contributed by atoms with E-state index < -0.39 is 4.92 Å². The number of aromatic nitrogens is 1. The van der Waals surface area contributed by atoms with E-state index in [1.54, 1.807) is 0 Å². The lowest BCUT2D eigenvalue weighted by Crippen LogP contribution is -2.21. The molecule has 0 fully saturated rings. The lowest BCUT2D eigenvalue weighted by molar-refractivity contribution is -0.384. The minimum Gasteiger partial charge on any atom is -0.481 e. The number of benzene rings is 1. The molecular weight excluding hydrogens is 270 g/mol. The predicted octanol–water partition coefficient (Wildman–Crippen LogP) is 2.58. The van der Waals surface area contributed by atoms with E-state index in [-0.39, 0.29) is 17.5 Å². The molecule has 2 aromatic rings. The lowest BCUT2D eigenvalue weighted by Gasteiger charge is -2.13. The fraction of sp³-hybridized carbons (Fsp3) is 0.267. The first-order valence-electron chi connectivity index (χ1n) is 6.70. The van der Waals surface area contributed by atoms with Crippen molar-refractivity contribution in [3.05, 3.63) is 57.6 Å². The summed E-state index contributed by atoms with van der Waals surface area (Å²) in [6.07, 6.45) is 1.68. The number of hydrogen-bond acceptors (Lipinski definition) is 5. The minimum atomic E-state index is -0.434. The SMILES string of the molecule is COc1ccc([N+](=O)[O-])c(NC2Cc3ccccc3C2)n1. The van der Waals surface area contributed by atoms with E-state index in [1.807, 2.05) is 12.1 Å². The molecule has 0 saturated heterocycles. The maximum absolute atomic E-state index is 11.1. The summed E-state index contributed by atoms with van der Waals surface area (Å²) in [5.41, 5.74) is 2.52. The number of pyridine rings is 1. The van der Waals surface area contributed by atoms with Gasteiger partial charge in [-0.3, -0.25) is 10.1 Å². The molecule has 0 bridgehead atoms. The summed E-state index contributed by atoms with van der Waals surface area (Å²) in [5.74, 6) is 0.621. The Labute approximate surface area is 121 Å². The monoisotopic (exact) mass is 285 g/mol. The van der Waals surface area contributed by atoms with E-state index in [9.17, 15) is 10.1 Å². The third-order valence-electron chi connectivity index (χ3n) is 3.65. The Morgan fingerprint density at radius 2 is 1.90 bits per heavy atom. The van der Waals surface area contributed by atoms with Gasteiger partial charge in [0.15, 0.2) is 0 Å². The van der Waals surface area contributed by atoms with Crippen molar-refractivity contribution < 1.29 is 9.66 Å². The largest absolute Gasteiger partial charge is 0.481 e. The molecule has 6 heteroatoms. The van der Waals surface area contributed by atoms with Gasteiger partial charge in [0.25, 0.3) is 0 Å². The Balaban J connectivity index is 1.84. The van der Waals surface area contributed by atoms with Gasteiger partial charge in [0, 0.05) is 18.2 Å². The molecule has 1 aromatic carbocycles. The number of rotatable bonds is 4. The highest BCUT2D eigenvalue weighted by Crippen LogP contribution is 2.29. The first kappa shape index (κ1) is 13.4. The first-order chi connectivity index (χ1) is 10.2. The van der Waals surface area contributed by atoms with E-state index >= 15 is 0 Å². The van der Waals surface area contributed by atoms with Crippen LogP contribution in [-0.4, -0.2) is 23.1 Å². The summed E-state index contributed by atoms with van der Waals surface area (Å²) < 4.78 is 5.04. The Morgan fingerprint density at radius 3 is 2.48 bits per heavy atom. The third-order valence-corrected chi connectivity index (χ3v) is 3.65. The van der Waals surface area contributed by atoms with E-state index in [0.717, 1.165) is 12.8 Å². The quantitative estimate of drug-likeness (QED) is 0.690. The van der Waals surface area contributed by atoms with Crippen LogP contribution < -0.4 is 10.1 Å². The van der Waals surface area contributed by atoms with Crippen LogP contribution in [-0.2, 0) is 12.8 Å². The molecule has 0 aliphatic heterocycles. The van der Waals surface area contributed by atoms with Gasteiger partial charge < -0.3 is 10.1 Å². The number of methoxy groups -OCH3 is 1. The van der Waals surface area contributed by atoms with Crippen LogP contribution in [0.25, 0.3) is 0 Å². The maximum Gasteiger partial charge on any atom is 0.311 e. The second kappa shape index (κ2) is 5.40. The first-order valence-corrected chi connectivity index (χ1v) is 6.70. The molecule has 1 aliphatic rings. The molecule has 6 nitrogen and oxygen atoms in total. The molecule has 1 N–H and O–H groups in total. The van der Waals surface area contributed by atoms with Crippen LogP contribution in [0.15, 0.2) is 36.4 Å². The molecule has 0 radical (unpaired) electrons. The highest BCUT2D eigenvalue weighted by Gasteiger charge is 2.24. The van der Waals surface area contributed by atoms with Crippen molar-refractivity contribution >= 4 is 11.5 Å². The Hall–Kier alpha value is -2.63. The van der Waals surface area contributed by atoms with Crippen LogP contribution in [0.4, 0.5) is 11.5 Å². The topological polar surface area (TPSA) is 77.3 Å². The summed E-state index contributed by atoms with van der Waals surface area (Å²) >= 11 is 0. The van der Waals surface area contributed by atoms with E-state index in [0.29, 0.717) is 5.88 Å². The van der Waals surface area contributed by atoms with Crippen LogP contribution in [0.1, 0.15) is 11.1 Å². The highest BCUT2D eigenvalue weighted by atomic mass is 16.6. The van der Waals surface area contributed by atoms with Crippen molar-refractivity contribution in [3.63, 3.8) is 0 Å². The Morgan fingerprint density at radius 1 is 1.24 bits per heavy atom. The number of nitro groups is 1. The molecule has 3 rings (SSSR count). The highest BCUT2D eigenvalue weighted by molar-refractivity contribution is 5.58. The van der Waals surface area contributed by atoms with Crippen LogP contribution in [0, 0.1) is 10.1 Å². The second-order valence-corrected chi connectivity index (χ2v) is 5.00. The molecule has 1 aromatic heterocycles. The zero-order valence-electron chi connectivity index (χ0n) is 11.6. The number of hydrogen-bond donors (Lipinski definition) is 1.